The quantitative estimate of drug-likeness (QED) is 0.244. The average molecular weight is 402 g/mol. The van der Waals surface area contributed by atoms with Gasteiger partial charge in [0.2, 0.25) is 0 Å². The van der Waals surface area contributed by atoms with Gasteiger partial charge in [0, 0.05) is 6.08 Å². The normalized spacial score (nSPS) is 27.3. The molecular weight excluding hydrogens is 362 g/mol. The van der Waals surface area contributed by atoms with Gasteiger partial charge in [-0.25, -0.2) is 0 Å². The van der Waals surface area contributed by atoms with E-state index in [-0.39, 0.29) is 0 Å². The van der Waals surface area contributed by atoms with Gasteiger partial charge in [-0.1, -0.05) is 68.0 Å². The highest BCUT2D eigenvalue weighted by Gasteiger charge is 2.29. The minimum absolute atomic E-state index is 0.674. The minimum Gasteiger partial charge on any atom is -0.193 e. The van der Waals surface area contributed by atoms with E-state index in [9.17, 15) is 0 Å². The number of nitriles is 1. The summed E-state index contributed by atoms with van der Waals surface area (Å²) in [6.07, 6.45) is 21.9. The van der Waals surface area contributed by atoms with Gasteiger partial charge in [-0.2, -0.15) is 5.26 Å². The Morgan fingerprint density at radius 2 is 1.60 bits per heavy atom. The Bertz CT molecular complexity index is 745. The highest BCUT2D eigenvalue weighted by molar-refractivity contribution is 5.26. The van der Waals surface area contributed by atoms with E-state index >= 15 is 0 Å². The number of allylic oxidation sites excluding steroid dienone is 5. The standard InChI is InChI=1S/C29H39N/c1-3-4-8-24-12-16-28(17-13-24)29-20-18-27(19-21-29)23(2)26-14-10-25(11-15-26)9-6-5-7-22-30/h5-7,9,12-13,16-17,25-27,29H,2-4,8,10-11,14-15,18-21H2,1H3/b7-5+,9-6+/t25-,26-,27-,29-. The van der Waals surface area contributed by atoms with Crippen LogP contribution in [0.2, 0.25) is 0 Å². The molecule has 0 bridgehead atoms. The molecule has 3 rings (SSSR count). The zero-order valence-corrected chi connectivity index (χ0v) is 18.9. The number of benzene rings is 1. The van der Waals surface area contributed by atoms with E-state index in [0.717, 1.165) is 17.8 Å². The van der Waals surface area contributed by atoms with Crippen LogP contribution in [0.4, 0.5) is 0 Å². The maximum Gasteiger partial charge on any atom is 0.0912 e. The summed E-state index contributed by atoms with van der Waals surface area (Å²) in [4.78, 5) is 0. The Balaban J connectivity index is 1.43. The van der Waals surface area contributed by atoms with Crippen LogP contribution in [-0.4, -0.2) is 0 Å². The van der Waals surface area contributed by atoms with Gasteiger partial charge in [-0.05, 0) is 99.0 Å². The zero-order valence-electron chi connectivity index (χ0n) is 18.9. The maximum absolute atomic E-state index is 8.56. The fraction of sp³-hybridized carbons (Fsp3) is 0.552. The molecule has 2 aliphatic rings. The molecule has 0 saturated heterocycles. The number of hydrogen-bond acceptors (Lipinski definition) is 1. The van der Waals surface area contributed by atoms with Crippen molar-refractivity contribution in [1.82, 2.24) is 0 Å². The molecule has 1 aromatic carbocycles. The fourth-order valence-electron chi connectivity index (χ4n) is 5.47. The summed E-state index contributed by atoms with van der Waals surface area (Å²) in [5.41, 5.74) is 4.60. The molecule has 0 atom stereocenters. The third-order valence-electron chi connectivity index (χ3n) is 7.48. The fourth-order valence-corrected chi connectivity index (χ4v) is 5.47. The molecule has 2 fully saturated rings. The summed E-state index contributed by atoms with van der Waals surface area (Å²) in [6.45, 7) is 6.85. The minimum atomic E-state index is 0.674. The topological polar surface area (TPSA) is 23.8 Å². The number of unbranched alkanes of at least 4 members (excludes halogenated alkanes) is 1. The van der Waals surface area contributed by atoms with Crippen molar-refractivity contribution >= 4 is 0 Å². The molecule has 2 saturated carbocycles. The van der Waals surface area contributed by atoms with Crippen LogP contribution in [0.1, 0.15) is 88.2 Å². The average Bonchev–Trinajstić information content (AvgIpc) is 2.81. The Labute approximate surface area is 184 Å². The molecule has 1 heteroatoms. The lowest BCUT2D eigenvalue weighted by Crippen LogP contribution is -2.22. The summed E-state index contributed by atoms with van der Waals surface area (Å²) >= 11 is 0. The van der Waals surface area contributed by atoms with Crippen LogP contribution in [0.3, 0.4) is 0 Å². The van der Waals surface area contributed by atoms with Gasteiger partial charge in [0.15, 0.2) is 0 Å². The van der Waals surface area contributed by atoms with Crippen molar-refractivity contribution in [3.63, 3.8) is 0 Å². The lowest BCUT2D eigenvalue weighted by Gasteiger charge is -2.36. The number of hydrogen-bond donors (Lipinski definition) is 0. The molecule has 0 heterocycles. The lowest BCUT2D eigenvalue weighted by atomic mass is 9.70. The highest BCUT2D eigenvalue weighted by Crippen LogP contribution is 2.43. The largest absolute Gasteiger partial charge is 0.193 e. The van der Waals surface area contributed by atoms with Crippen molar-refractivity contribution in [2.24, 2.45) is 17.8 Å². The van der Waals surface area contributed by atoms with Crippen LogP contribution in [-0.2, 0) is 6.42 Å². The van der Waals surface area contributed by atoms with Crippen molar-refractivity contribution in [3.05, 3.63) is 71.8 Å². The van der Waals surface area contributed by atoms with E-state index in [1.807, 2.05) is 18.2 Å². The smallest absolute Gasteiger partial charge is 0.0912 e. The lowest BCUT2D eigenvalue weighted by molar-refractivity contribution is 0.290. The molecule has 0 aliphatic heterocycles. The van der Waals surface area contributed by atoms with E-state index in [1.54, 1.807) is 17.2 Å². The Hall–Kier alpha value is -2.07. The van der Waals surface area contributed by atoms with Crippen LogP contribution in [0, 0.1) is 29.1 Å². The zero-order chi connectivity index (χ0) is 21.2. The van der Waals surface area contributed by atoms with Crippen molar-refractivity contribution in [2.75, 3.05) is 0 Å². The first-order valence-electron chi connectivity index (χ1n) is 12.2. The first kappa shape index (κ1) is 22.6. The monoisotopic (exact) mass is 401 g/mol. The Kier molecular flexibility index (Phi) is 9.00. The van der Waals surface area contributed by atoms with Crippen LogP contribution in [0.5, 0.6) is 0 Å². The molecule has 30 heavy (non-hydrogen) atoms. The highest BCUT2D eigenvalue weighted by atomic mass is 14.3. The van der Waals surface area contributed by atoms with Gasteiger partial charge >= 0.3 is 0 Å². The molecule has 2 aliphatic carbocycles. The second-order valence-electron chi connectivity index (χ2n) is 9.45. The molecule has 1 aromatic rings. The van der Waals surface area contributed by atoms with E-state index in [2.05, 4.69) is 43.8 Å². The van der Waals surface area contributed by atoms with Gasteiger partial charge < -0.3 is 0 Å². The van der Waals surface area contributed by atoms with Crippen molar-refractivity contribution < 1.29 is 0 Å². The summed E-state index contributed by atoms with van der Waals surface area (Å²) in [5, 5.41) is 8.56. The molecule has 1 nitrogen and oxygen atoms in total. The van der Waals surface area contributed by atoms with E-state index < -0.39 is 0 Å². The molecule has 0 unspecified atom stereocenters. The molecule has 0 amide bonds. The second kappa shape index (κ2) is 11.9. The molecule has 0 spiro atoms. The Morgan fingerprint density at radius 1 is 0.967 bits per heavy atom. The van der Waals surface area contributed by atoms with Gasteiger partial charge in [0.25, 0.3) is 0 Å². The molecule has 160 valence electrons. The second-order valence-corrected chi connectivity index (χ2v) is 9.45. The summed E-state index contributed by atoms with van der Waals surface area (Å²) < 4.78 is 0. The van der Waals surface area contributed by atoms with Gasteiger partial charge in [0.1, 0.15) is 0 Å². The van der Waals surface area contributed by atoms with Gasteiger partial charge in [0.05, 0.1) is 6.07 Å². The molecule has 0 N–H and O–H groups in total. The Morgan fingerprint density at radius 3 is 2.20 bits per heavy atom. The van der Waals surface area contributed by atoms with E-state index in [0.29, 0.717) is 5.92 Å². The molecule has 0 radical (unpaired) electrons. The third-order valence-corrected chi connectivity index (χ3v) is 7.48. The maximum atomic E-state index is 8.56. The van der Waals surface area contributed by atoms with Crippen LogP contribution < -0.4 is 0 Å². The van der Waals surface area contributed by atoms with Crippen LogP contribution >= 0.6 is 0 Å². The predicted octanol–water partition coefficient (Wildman–Crippen LogP) is 8.30. The first-order chi connectivity index (χ1) is 14.7. The number of aryl methyl sites for hydroxylation is 1. The number of nitrogens with zero attached hydrogens (tertiary/aromatic N) is 1. The third kappa shape index (κ3) is 6.46. The van der Waals surface area contributed by atoms with Crippen molar-refractivity contribution in [1.29, 1.82) is 5.26 Å². The first-order valence-corrected chi connectivity index (χ1v) is 12.2. The summed E-state index contributed by atoms with van der Waals surface area (Å²) in [6, 6.07) is 11.6. The summed E-state index contributed by atoms with van der Waals surface area (Å²) in [5.74, 6) is 2.88. The van der Waals surface area contributed by atoms with Gasteiger partial charge in [-0.3, -0.25) is 0 Å². The number of rotatable bonds is 8. The van der Waals surface area contributed by atoms with Crippen LogP contribution in [0.15, 0.2) is 60.7 Å². The van der Waals surface area contributed by atoms with E-state index in [1.165, 1.54) is 76.2 Å². The summed E-state index contributed by atoms with van der Waals surface area (Å²) in [7, 11) is 0. The van der Waals surface area contributed by atoms with Gasteiger partial charge in [-0.15, -0.1) is 0 Å². The van der Waals surface area contributed by atoms with Crippen LogP contribution in [0.25, 0.3) is 0 Å². The van der Waals surface area contributed by atoms with E-state index in [4.69, 9.17) is 5.26 Å². The molecule has 0 aromatic heterocycles. The van der Waals surface area contributed by atoms with Crippen molar-refractivity contribution in [3.8, 4) is 6.07 Å². The predicted molar refractivity (Wildman–Crippen MR) is 128 cm³/mol. The SMILES string of the molecule is C=C([C@H]1CC[C@H](/C=C/C=C/C#N)CC1)[C@H]1CC[C@H](c2ccc(CCCC)cc2)CC1. The molecular formula is C29H39N. The van der Waals surface area contributed by atoms with Crippen molar-refractivity contribution in [2.45, 2.75) is 83.5 Å².